The lowest BCUT2D eigenvalue weighted by Crippen LogP contribution is -2.23. The van der Waals surface area contributed by atoms with Gasteiger partial charge < -0.3 is 10.4 Å². The summed E-state index contributed by atoms with van der Waals surface area (Å²) in [6.07, 6.45) is 0. The van der Waals surface area contributed by atoms with Crippen molar-refractivity contribution in [1.82, 2.24) is 5.32 Å². The third-order valence-corrected chi connectivity index (χ3v) is 2.39. The van der Waals surface area contributed by atoms with Crippen molar-refractivity contribution in [1.29, 1.82) is 0 Å². The van der Waals surface area contributed by atoms with E-state index < -0.39 is 0 Å². The summed E-state index contributed by atoms with van der Waals surface area (Å²) in [5.41, 5.74) is 3.11. The Balaban J connectivity index is 2.76. The summed E-state index contributed by atoms with van der Waals surface area (Å²) in [7, 11) is 0. The van der Waals surface area contributed by atoms with Crippen LogP contribution in [0.2, 0.25) is 0 Å². The van der Waals surface area contributed by atoms with Gasteiger partial charge in [0.1, 0.15) is 5.75 Å². The van der Waals surface area contributed by atoms with E-state index in [1.54, 1.807) is 6.92 Å². The number of benzene rings is 1. The van der Waals surface area contributed by atoms with Crippen molar-refractivity contribution in [3.05, 3.63) is 41.0 Å². The number of amides is 1. The molecule has 0 bridgehead atoms. The summed E-state index contributed by atoms with van der Waals surface area (Å²) < 4.78 is 0. The molecule has 1 aromatic rings. The van der Waals surface area contributed by atoms with Crippen LogP contribution in [0.5, 0.6) is 5.75 Å². The Labute approximate surface area is 95.8 Å². The van der Waals surface area contributed by atoms with Gasteiger partial charge in [0.2, 0.25) is 5.91 Å². The van der Waals surface area contributed by atoms with Crippen LogP contribution in [0.4, 0.5) is 0 Å². The molecule has 0 heterocycles. The van der Waals surface area contributed by atoms with Gasteiger partial charge in [0.25, 0.3) is 0 Å². The van der Waals surface area contributed by atoms with Gasteiger partial charge in [0.15, 0.2) is 0 Å². The van der Waals surface area contributed by atoms with E-state index in [0.29, 0.717) is 17.9 Å². The van der Waals surface area contributed by atoms with Gasteiger partial charge in [-0.3, -0.25) is 4.79 Å². The number of hydrogen-bond donors (Lipinski definition) is 2. The van der Waals surface area contributed by atoms with Crippen molar-refractivity contribution in [2.75, 3.05) is 0 Å². The molecule has 0 aliphatic heterocycles. The fraction of sp³-hybridized carbons (Fsp3) is 0.308. The fourth-order valence-corrected chi connectivity index (χ4v) is 1.48. The van der Waals surface area contributed by atoms with Crippen LogP contribution >= 0.6 is 0 Å². The zero-order valence-corrected chi connectivity index (χ0v) is 9.92. The van der Waals surface area contributed by atoms with Crippen molar-refractivity contribution in [3.8, 4) is 5.75 Å². The lowest BCUT2D eigenvalue weighted by Gasteiger charge is -2.09. The molecule has 0 saturated carbocycles. The number of phenols is 1. The monoisotopic (exact) mass is 219 g/mol. The molecule has 0 aromatic heterocycles. The summed E-state index contributed by atoms with van der Waals surface area (Å²) in [6, 6.07) is 3.72. The molecular formula is C13H17NO2. The van der Waals surface area contributed by atoms with Gasteiger partial charge in [-0.05, 0) is 37.5 Å². The number of aromatic hydroxyl groups is 1. The summed E-state index contributed by atoms with van der Waals surface area (Å²) in [4.78, 5) is 11.3. The minimum absolute atomic E-state index is 0.150. The minimum Gasteiger partial charge on any atom is -0.507 e. The second-order valence-corrected chi connectivity index (χ2v) is 4.04. The quantitative estimate of drug-likeness (QED) is 0.766. The van der Waals surface area contributed by atoms with Crippen molar-refractivity contribution in [2.45, 2.75) is 27.3 Å². The highest BCUT2D eigenvalue weighted by Crippen LogP contribution is 2.22. The zero-order valence-electron chi connectivity index (χ0n) is 9.92. The number of carbonyl (C=O) groups is 1. The first kappa shape index (κ1) is 12.3. The second-order valence-electron chi connectivity index (χ2n) is 4.04. The van der Waals surface area contributed by atoms with Crippen molar-refractivity contribution >= 4 is 5.91 Å². The van der Waals surface area contributed by atoms with Crippen LogP contribution in [-0.2, 0) is 11.3 Å². The van der Waals surface area contributed by atoms with E-state index >= 15 is 0 Å². The molecule has 0 radical (unpaired) electrons. The maximum Gasteiger partial charge on any atom is 0.246 e. The van der Waals surface area contributed by atoms with E-state index in [4.69, 9.17) is 0 Å². The van der Waals surface area contributed by atoms with E-state index in [9.17, 15) is 9.90 Å². The molecule has 2 N–H and O–H groups in total. The summed E-state index contributed by atoms with van der Waals surface area (Å²) in [5, 5.41) is 12.3. The van der Waals surface area contributed by atoms with Crippen LogP contribution in [0.25, 0.3) is 0 Å². The van der Waals surface area contributed by atoms with Crippen molar-refractivity contribution < 1.29 is 9.90 Å². The SMILES string of the molecule is C=C(C)C(=O)NCc1cc(C)c(O)c(C)c1. The Morgan fingerprint density at radius 1 is 1.38 bits per heavy atom. The number of phenolic OH excluding ortho intramolecular Hbond substituents is 1. The predicted octanol–water partition coefficient (Wildman–Crippen LogP) is 2.20. The molecule has 1 rings (SSSR count). The number of rotatable bonds is 3. The molecule has 0 saturated heterocycles. The molecule has 16 heavy (non-hydrogen) atoms. The number of aryl methyl sites for hydroxylation is 2. The average Bonchev–Trinajstić information content (AvgIpc) is 2.22. The zero-order chi connectivity index (χ0) is 12.3. The molecule has 1 amide bonds. The standard InChI is InChI=1S/C13H17NO2/c1-8(2)13(16)14-7-11-5-9(3)12(15)10(4)6-11/h5-6,15H,1,7H2,2-4H3,(H,14,16). The molecule has 0 aliphatic carbocycles. The highest BCUT2D eigenvalue weighted by molar-refractivity contribution is 5.92. The topological polar surface area (TPSA) is 49.3 Å². The first-order chi connectivity index (χ1) is 7.41. The maximum absolute atomic E-state index is 11.3. The summed E-state index contributed by atoms with van der Waals surface area (Å²) in [6.45, 7) is 9.37. The van der Waals surface area contributed by atoms with Gasteiger partial charge in [0, 0.05) is 12.1 Å². The smallest absolute Gasteiger partial charge is 0.246 e. The van der Waals surface area contributed by atoms with Crippen molar-refractivity contribution in [2.24, 2.45) is 0 Å². The van der Waals surface area contributed by atoms with Gasteiger partial charge in [-0.25, -0.2) is 0 Å². The average molecular weight is 219 g/mol. The lowest BCUT2D eigenvalue weighted by atomic mass is 10.1. The third-order valence-electron chi connectivity index (χ3n) is 2.39. The van der Waals surface area contributed by atoms with Gasteiger partial charge in [-0.15, -0.1) is 0 Å². The Bertz CT molecular complexity index is 413. The molecular weight excluding hydrogens is 202 g/mol. The second kappa shape index (κ2) is 4.84. The Morgan fingerprint density at radius 2 is 1.88 bits per heavy atom. The van der Waals surface area contributed by atoms with E-state index in [1.165, 1.54) is 0 Å². The van der Waals surface area contributed by atoms with Crippen LogP contribution in [0.15, 0.2) is 24.3 Å². The maximum atomic E-state index is 11.3. The van der Waals surface area contributed by atoms with E-state index in [0.717, 1.165) is 16.7 Å². The molecule has 1 aromatic carbocycles. The van der Waals surface area contributed by atoms with Crippen LogP contribution in [0.3, 0.4) is 0 Å². The highest BCUT2D eigenvalue weighted by Gasteiger charge is 2.05. The first-order valence-corrected chi connectivity index (χ1v) is 5.14. The minimum atomic E-state index is -0.150. The molecule has 0 aliphatic rings. The molecule has 3 heteroatoms. The first-order valence-electron chi connectivity index (χ1n) is 5.14. The van der Waals surface area contributed by atoms with Gasteiger partial charge in [0.05, 0.1) is 0 Å². The number of carbonyl (C=O) groups excluding carboxylic acids is 1. The predicted molar refractivity (Wildman–Crippen MR) is 64.2 cm³/mol. The van der Waals surface area contributed by atoms with Gasteiger partial charge in [-0.2, -0.15) is 0 Å². The third kappa shape index (κ3) is 2.86. The number of hydrogen-bond acceptors (Lipinski definition) is 2. The Hall–Kier alpha value is -1.77. The van der Waals surface area contributed by atoms with Crippen LogP contribution in [0.1, 0.15) is 23.6 Å². The molecule has 0 atom stereocenters. The van der Waals surface area contributed by atoms with Crippen LogP contribution in [-0.4, -0.2) is 11.0 Å². The summed E-state index contributed by atoms with van der Waals surface area (Å²) >= 11 is 0. The number of nitrogens with one attached hydrogen (secondary N) is 1. The Morgan fingerprint density at radius 3 is 2.31 bits per heavy atom. The van der Waals surface area contributed by atoms with E-state index in [-0.39, 0.29) is 5.91 Å². The Kier molecular flexibility index (Phi) is 3.72. The molecule has 86 valence electrons. The van der Waals surface area contributed by atoms with Crippen molar-refractivity contribution in [3.63, 3.8) is 0 Å². The van der Waals surface area contributed by atoms with Crippen LogP contribution in [0, 0.1) is 13.8 Å². The van der Waals surface area contributed by atoms with Gasteiger partial charge in [-0.1, -0.05) is 18.7 Å². The molecule has 3 nitrogen and oxygen atoms in total. The van der Waals surface area contributed by atoms with Crippen LogP contribution < -0.4 is 5.32 Å². The highest BCUT2D eigenvalue weighted by atomic mass is 16.3. The molecule has 0 unspecified atom stereocenters. The molecule has 0 fully saturated rings. The normalized spacial score (nSPS) is 9.94. The summed E-state index contributed by atoms with van der Waals surface area (Å²) in [5.74, 6) is 0.165. The lowest BCUT2D eigenvalue weighted by molar-refractivity contribution is -0.117. The molecule has 0 spiro atoms. The fourth-order valence-electron chi connectivity index (χ4n) is 1.48. The van der Waals surface area contributed by atoms with E-state index in [2.05, 4.69) is 11.9 Å². The van der Waals surface area contributed by atoms with Gasteiger partial charge >= 0.3 is 0 Å². The largest absolute Gasteiger partial charge is 0.507 e. The van der Waals surface area contributed by atoms with E-state index in [1.807, 2.05) is 26.0 Å².